The summed E-state index contributed by atoms with van der Waals surface area (Å²) in [4.78, 5) is 38.0. The van der Waals surface area contributed by atoms with Crippen molar-refractivity contribution in [2.45, 2.75) is 11.7 Å². The molecule has 1 aliphatic rings. The van der Waals surface area contributed by atoms with Crippen molar-refractivity contribution in [2.75, 3.05) is 17.3 Å². The Labute approximate surface area is 153 Å². The highest BCUT2D eigenvalue weighted by atomic mass is 32.2. The Hall–Kier alpha value is -3.00. The Bertz CT molecular complexity index is 853. The number of methoxy groups -OCH3 is 1. The van der Waals surface area contributed by atoms with Gasteiger partial charge in [0.2, 0.25) is 11.8 Å². The van der Waals surface area contributed by atoms with Crippen molar-refractivity contribution in [1.29, 1.82) is 0 Å². The predicted molar refractivity (Wildman–Crippen MR) is 98.6 cm³/mol. The van der Waals surface area contributed by atoms with Crippen LogP contribution >= 0.6 is 11.8 Å². The van der Waals surface area contributed by atoms with Crippen LogP contribution in [0.3, 0.4) is 0 Å². The molecule has 3 amide bonds. The number of nitrogens with one attached hydrogen (secondary N) is 1. The SMILES string of the molecule is COc1ccc(N2C(=O)SC(CC(=O)Nc3ccccc3O)C2=O)cc1. The second-order valence-electron chi connectivity index (χ2n) is 5.51. The minimum Gasteiger partial charge on any atom is -0.506 e. The topological polar surface area (TPSA) is 95.9 Å². The number of benzene rings is 2. The summed E-state index contributed by atoms with van der Waals surface area (Å²) in [5, 5.41) is 11.0. The van der Waals surface area contributed by atoms with Gasteiger partial charge in [-0.05, 0) is 48.2 Å². The van der Waals surface area contributed by atoms with Crippen LogP contribution in [0.4, 0.5) is 16.2 Å². The van der Waals surface area contributed by atoms with E-state index >= 15 is 0 Å². The van der Waals surface area contributed by atoms with E-state index in [1.54, 1.807) is 42.5 Å². The van der Waals surface area contributed by atoms with Crippen molar-refractivity contribution in [3.63, 3.8) is 0 Å². The van der Waals surface area contributed by atoms with Crippen molar-refractivity contribution in [2.24, 2.45) is 0 Å². The average molecular weight is 372 g/mol. The zero-order valence-corrected chi connectivity index (χ0v) is 14.7. The Morgan fingerprint density at radius 1 is 1.19 bits per heavy atom. The molecule has 8 heteroatoms. The first-order valence-electron chi connectivity index (χ1n) is 7.76. The molecule has 134 valence electrons. The van der Waals surface area contributed by atoms with E-state index in [0.29, 0.717) is 11.4 Å². The summed E-state index contributed by atoms with van der Waals surface area (Å²) in [6.45, 7) is 0. The molecule has 0 aromatic heterocycles. The van der Waals surface area contributed by atoms with Crippen molar-refractivity contribution < 1.29 is 24.2 Å². The number of nitrogens with zero attached hydrogens (tertiary/aromatic N) is 1. The number of imide groups is 1. The molecular formula is C18H16N2O5S. The van der Waals surface area contributed by atoms with Crippen LogP contribution in [0, 0.1) is 0 Å². The van der Waals surface area contributed by atoms with Gasteiger partial charge in [-0.15, -0.1) is 0 Å². The third-order valence-electron chi connectivity index (χ3n) is 3.80. The maximum absolute atomic E-state index is 12.5. The van der Waals surface area contributed by atoms with Crippen molar-refractivity contribution in [1.82, 2.24) is 0 Å². The summed E-state index contributed by atoms with van der Waals surface area (Å²) in [5.41, 5.74) is 0.684. The monoisotopic (exact) mass is 372 g/mol. The van der Waals surface area contributed by atoms with Crippen LogP contribution in [0.15, 0.2) is 48.5 Å². The maximum Gasteiger partial charge on any atom is 0.293 e. The van der Waals surface area contributed by atoms with Gasteiger partial charge in [0.1, 0.15) is 16.7 Å². The first-order valence-corrected chi connectivity index (χ1v) is 8.64. The Balaban J connectivity index is 1.68. The summed E-state index contributed by atoms with van der Waals surface area (Å²) in [7, 11) is 1.52. The van der Waals surface area contributed by atoms with Crippen LogP contribution in [0.5, 0.6) is 11.5 Å². The second kappa shape index (κ2) is 7.49. The third-order valence-corrected chi connectivity index (χ3v) is 4.84. The second-order valence-corrected chi connectivity index (χ2v) is 6.67. The van der Waals surface area contributed by atoms with Gasteiger partial charge >= 0.3 is 0 Å². The molecule has 0 spiro atoms. The van der Waals surface area contributed by atoms with E-state index in [0.717, 1.165) is 16.7 Å². The first-order chi connectivity index (χ1) is 12.5. The average Bonchev–Trinajstić information content (AvgIpc) is 2.90. The number of anilines is 2. The standard InChI is InChI=1S/C18H16N2O5S/c1-25-12-8-6-11(7-9-12)20-17(23)15(26-18(20)24)10-16(22)19-13-4-2-3-5-14(13)21/h2-9,15,21H,10H2,1H3,(H,19,22). The highest BCUT2D eigenvalue weighted by Crippen LogP contribution is 2.34. The molecule has 1 atom stereocenters. The predicted octanol–water partition coefficient (Wildman–Crippen LogP) is 3.00. The summed E-state index contributed by atoms with van der Waals surface area (Å²) in [6, 6.07) is 12.8. The number of phenols is 1. The lowest BCUT2D eigenvalue weighted by molar-refractivity contribution is -0.121. The number of thioether (sulfide) groups is 1. The molecule has 3 rings (SSSR count). The molecule has 0 bridgehead atoms. The van der Waals surface area contributed by atoms with Crippen molar-refractivity contribution in [3.05, 3.63) is 48.5 Å². The molecule has 1 fully saturated rings. The zero-order chi connectivity index (χ0) is 18.7. The number of carbonyl (C=O) groups excluding carboxylic acids is 3. The molecule has 2 N–H and O–H groups in total. The summed E-state index contributed by atoms with van der Waals surface area (Å²) in [5.74, 6) is -0.361. The van der Waals surface area contributed by atoms with Gasteiger partial charge in [0.05, 0.1) is 18.5 Å². The number of amides is 3. The number of hydrogen-bond donors (Lipinski definition) is 2. The largest absolute Gasteiger partial charge is 0.506 e. The van der Waals surface area contributed by atoms with Crippen LogP contribution in [-0.4, -0.2) is 34.5 Å². The van der Waals surface area contributed by atoms with Crippen LogP contribution in [0.25, 0.3) is 0 Å². The normalized spacial score (nSPS) is 16.7. The van der Waals surface area contributed by atoms with E-state index in [1.165, 1.54) is 13.2 Å². The molecule has 26 heavy (non-hydrogen) atoms. The number of rotatable bonds is 5. The van der Waals surface area contributed by atoms with Gasteiger partial charge < -0.3 is 15.2 Å². The lowest BCUT2D eigenvalue weighted by atomic mass is 10.2. The van der Waals surface area contributed by atoms with E-state index in [2.05, 4.69) is 5.32 Å². The first kappa shape index (κ1) is 17.8. The number of para-hydroxylation sites is 2. The molecular weight excluding hydrogens is 356 g/mol. The van der Waals surface area contributed by atoms with E-state index in [-0.39, 0.29) is 17.9 Å². The number of ether oxygens (including phenoxy) is 1. The van der Waals surface area contributed by atoms with Gasteiger partial charge in [-0.1, -0.05) is 12.1 Å². The number of hydrogen-bond acceptors (Lipinski definition) is 6. The molecule has 1 unspecified atom stereocenters. The quantitative estimate of drug-likeness (QED) is 0.784. The van der Waals surface area contributed by atoms with Gasteiger partial charge in [-0.3, -0.25) is 14.4 Å². The number of phenolic OH excluding ortho intramolecular Hbond substituents is 1. The maximum atomic E-state index is 12.5. The van der Waals surface area contributed by atoms with Gasteiger partial charge in [-0.25, -0.2) is 4.90 Å². The van der Waals surface area contributed by atoms with Crippen LogP contribution in [0.1, 0.15) is 6.42 Å². The van der Waals surface area contributed by atoms with E-state index in [9.17, 15) is 19.5 Å². The molecule has 0 aliphatic carbocycles. The van der Waals surface area contributed by atoms with Crippen LogP contribution in [0.2, 0.25) is 0 Å². The van der Waals surface area contributed by atoms with E-state index < -0.39 is 22.3 Å². The molecule has 1 heterocycles. The minimum absolute atomic E-state index is 0.0674. The van der Waals surface area contributed by atoms with Crippen molar-refractivity contribution in [3.8, 4) is 11.5 Å². The van der Waals surface area contributed by atoms with Crippen molar-refractivity contribution >= 4 is 40.2 Å². The third kappa shape index (κ3) is 3.65. The van der Waals surface area contributed by atoms with Gasteiger partial charge in [0.15, 0.2) is 0 Å². The Morgan fingerprint density at radius 3 is 2.54 bits per heavy atom. The van der Waals surface area contributed by atoms with Gasteiger partial charge in [0.25, 0.3) is 5.24 Å². The highest BCUT2D eigenvalue weighted by Gasteiger charge is 2.41. The highest BCUT2D eigenvalue weighted by molar-refractivity contribution is 8.15. The molecule has 2 aromatic rings. The van der Waals surface area contributed by atoms with Gasteiger partial charge in [-0.2, -0.15) is 0 Å². The lowest BCUT2D eigenvalue weighted by Crippen LogP contribution is -2.32. The molecule has 0 saturated carbocycles. The molecule has 1 aliphatic heterocycles. The summed E-state index contributed by atoms with van der Waals surface area (Å²) in [6.07, 6.45) is -0.170. The van der Waals surface area contributed by atoms with Crippen LogP contribution < -0.4 is 15.0 Å². The Morgan fingerprint density at radius 2 is 1.88 bits per heavy atom. The summed E-state index contributed by atoms with van der Waals surface area (Å²) >= 11 is 0.813. The van der Waals surface area contributed by atoms with Gasteiger partial charge in [0, 0.05) is 6.42 Å². The fraction of sp³-hybridized carbons (Fsp3) is 0.167. The van der Waals surface area contributed by atoms with E-state index in [4.69, 9.17) is 4.74 Å². The van der Waals surface area contributed by atoms with E-state index in [1.807, 2.05) is 0 Å². The molecule has 0 radical (unpaired) electrons. The number of aromatic hydroxyl groups is 1. The fourth-order valence-corrected chi connectivity index (χ4v) is 3.49. The van der Waals surface area contributed by atoms with Crippen LogP contribution in [-0.2, 0) is 9.59 Å². The Kier molecular flexibility index (Phi) is 5.13. The molecule has 1 saturated heterocycles. The number of carbonyl (C=O) groups is 3. The minimum atomic E-state index is -0.810. The molecule has 7 nitrogen and oxygen atoms in total. The summed E-state index contributed by atoms with van der Waals surface area (Å²) < 4.78 is 5.06. The molecule has 2 aromatic carbocycles. The smallest absolute Gasteiger partial charge is 0.293 e. The fourth-order valence-electron chi connectivity index (χ4n) is 2.50. The zero-order valence-electron chi connectivity index (χ0n) is 13.8. The lowest BCUT2D eigenvalue weighted by Gasteiger charge is -2.14.